The van der Waals surface area contributed by atoms with E-state index in [-0.39, 0.29) is 5.91 Å². The van der Waals surface area contributed by atoms with E-state index >= 15 is 0 Å². The number of carbonyl (C=O) groups excluding carboxylic acids is 1. The number of aromatic amines is 1. The molecule has 0 aliphatic carbocycles. The fourth-order valence-electron chi connectivity index (χ4n) is 1.99. The largest absolute Gasteiger partial charge is 0.324 e. The van der Waals surface area contributed by atoms with E-state index in [9.17, 15) is 4.79 Å². The predicted molar refractivity (Wildman–Crippen MR) is 77.3 cm³/mol. The maximum Gasteiger partial charge on any atom is 0.227 e. The number of aromatic nitrogens is 3. The minimum atomic E-state index is -0.0743. The number of nitrogens with one attached hydrogen (secondary N) is 2. The third kappa shape index (κ3) is 2.83. The molecule has 0 atom stereocenters. The van der Waals surface area contributed by atoms with Crippen LogP contribution in [0.3, 0.4) is 0 Å². The summed E-state index contributed by atoms with van der Waals surface area (Å²) in [5.74, 6) is 0.409. The zero-order valence-electron chi connectivity index (χ0n) is 10.8. The van der Waals surface area contributed by atoms with Crippen molar-refractivity contribution in [2.24, 2.45) is 0 Å². The summed E-state index contributed by atoms with van der Waals surface area (Å²) in [6.07, 6.45) is 2.73. The molecule has 2 aromatic heterocycles. The van der Waals surface area contributed by atoms with Gasteiger partial charge in [0.2, 0.25) is 11.9 Å². The molecule has 0 aliphatic heterocycles. The van der Waals surface area contributed by atoms with Crippen LogP contribution in [0.15, 0.2) is 48.7 Å². The Morgan fingerprint density at radius 2 is 2.00 bits per heavy atom. The van der Waals surface area contributed by atoms with Crippen LogP contribution in [0.5, 0.6) is 0 Å². The summed E-state index contributed by atoms with van der Waals surface area (Å²) in [6.45, 7) is 0. The van der Waals surface area contributed by atoms with Gasteiger partial charge in [-0.15, -0.1) is 0 Å². The van der Waals surface area contributed by atoms with E-state index in [2.05, 4.69) is 20.3 Å². The smallest absolute Gasteiger partial charge is 0.227 e. The van der Waals surface area contributed by atoms with Crippen molar-refractivity contribution in [3.8, 4) is 0 Å². The molecule has 1 amide bonds. The zero-order chi connectivity index (χ0) is 13.8. The van der Waals surface area contributed by atoms with Gasteiger partial charge in [-0.1, -0.05) is 18.2 Å². The Morgan fingerprint density at radius 1 is 1.15 bits per heavy atom. The van der Waals surface area contributed by atoms with Gasteiger partial charge in [-0.2, -0.15) is 0 Å². The summed E-state index contributed by atoms with van der Waals surface area (Å²) in [5.41, 5.74) is 2.66. The summed E-state index contributed by atoms with van der Waals surface area (Å²) in [4.78, 5) is 23.4. The van der Waals surface area contributed by atoms with E-state index < -0.39 is 0 Å². The van der Waals surface area contributed by atoms with Gasteiger partial charge in [0, 0.05) is 18.3 Å². The minimum absolute atomic E-state index is 0.0743. The summed E-state index contributed by atoms with van der Waals surface area (Å²) in [6, 6.07) is 13.3. The molecule has 0 spiro atoms. The number of anilines is 1. The molecule has 0 saturated carbocycles. The Labute approximate surface area is 116 Å². The lowest BCUT2D eigenvalue weighted by atomic mass is 10.2. The number of fused-ring (bicyclic) bond motifs is 1. The van der Waals surface area contributed by atoms with Crippen LogP contribution >= 0.6 is 0 Å². The zero-order valence-corrected chi connectivity index (χ0v) is 10.8. The fraction of sp³-hybridized carbons (Fsp3) is 0.133. The first-order chi connectivity index (χ1) is 9.81. The lowest BCUT2D eigenvalue weighted by Gasteiger charge is -2.01. The van der Waals surface area contributed by atoms with Crippen molar-refractivity contribution in [2.45, 2.75) is 12.8 Å². The van der Waals surface area contributed by atoms with Crippen LogP contribution in [0.25, 0.3) is 11.0 Å². The Kier molecular flexibility index (Phi) is 3.41. The van der Waals surface area contributed by atoms with E-state index in [1.165, 1.54) is 0 Å². The number of H-pyrrole nitrogens is 1. The molecule has 3 aromatic rings. The Bertz CT molecular complexity index is 688. The van der Waals surface area contributed by atoms with Gasteiger partial charge in [-0.05, 0) is 30.7 Å². The fourth-order valence-corrected chi connectivity index (χ4v) is 1.99. The molecule has 0 fully saturated rings. The van der Waals surface area contributed by atoms with Crippen LogP contribution in [0.2, 0.25) is 0 Å². The number of nitrogens with zero attached hydrogens (tertiary/aromatic N) is 2. The van der Waals surface area contributed by atoms with Crippen LogP contribution in [-0.2, 0) is 11.2 Å². The molecule has 5 heteroatoms. The van der Waals surface area contributed by atoms with Crippen molar-refractivity contribution in [1.82, 2.24) is 15.0 Å². The normalized spacial score (nSPS) is 10.6. The summed E-state index contributed by atoms with van der Waals surface area (Å²) in [7, 11) is 0. The molecule has 0 saturated heterocycles. The number of pyridine rings is 1. The second-order valence-electron chi connectivity index (χ2n) is 4.47. The maximum atomic E-state index is 11.9. The maximum absolute atomic E-state index is 11.9. The SMILES string of the molecule is O=C(CCc1ccccn1)Nc1nc2ccccc2[nH]1. The first-order valence-corrected chi connectivity index (χ1v) is 6.46. The van der Waals surface area contributed by atoms with Gasteiger partial charge in [0.15, 0.2) is 0 Å². The van der Waals surface area contributed by atoms with E-state index in [0.29, 0.717) is 18.8 Å². The van der Waals surface area contributed by atoms with Gasteiger partial charge in [-0.25, -0.2) is 4.98 Å². The van der Waals surface area contributed by atoms with E-state index in [0.717, 1.165) is 16.7 Å². The minimum Gasteiger partial charge on any atom is -0.324 e. The molecule has 1 aromatic carbocycles. The molecule has 0 radical (unpaired) electrons. The summed E-state index contributed by atoms with van der Waals surface area (Å²) < 4.78 is 0. The number of para-hydroxylation sites is 2. The van der Waals surface area contributed by atoms with Gasteiger partial charge in [-0.3, -0.25) is 15.1 Å². The second-order valence-corrected chi connectivity index (χ2v) is 4.47. The van der Waals surface area contributed by atoms with Crippen LogP contribution in [0.4, 0.5) is 5.95 Å². The predicted octanol–water partition coefficient (Wildman–Crippen LogP) is 2.53. The quantitative estimate of drug-likeness (QED) is 0.762. The Hall–Kier alpha value is -2.69. The van der Waals surface area contributed by atoms with Crippen molar-refractivity contribution in [3.05, 3.63) is 54.4 Å². The lowest BCUT2D eigenvalue weighted by molar-refractivity contribution is -0.116. The van der Waals surface area contributed by atoms with Crippen molar-refractivity contribution < 1.29 is 4.79 Å². The van der Waals surface area contributed by atoms with Crippen LogP contribution in [0, 0.1) is 0 Å². The number of amides is 1. The molecule has 0 unspecified atom stereocenters. The monoisotopic (exact) mass is 266 g/mol. The van der Waals surface area contributed by atoms with Crippen LogP contribution in [-0.4, -0.2) is 20.9 Å². The number of aryl methyl sites for hydroxylation is 1. The van der Waals surface area contributed by atoms with E-state index in [1.54, 1.807) is 6.20 Å². The third-order valence-corrected chi connectivity index (χ3v) is 2.98. The Morgan fingerprint density at radius 3 is 2.80 bits per heavy atom. The highest BCUT2D eigenvalue weighted by Gasteiger charge is 2.07. The summed E-state index contributed by atoms with van der Waals surface area (Å²) >= 11 is 0. The molecular formula is C15H14N4O. The van der Waals surface area contributed by atoms with Gasteiger partial charge >= 0.3 is 0 Å². The van der Waals surface area contributed by atoms with Crippen molar-refractivity contribution in [3.63, 3.8) is 0 Å². The van der Waals surface area contributed by atoms with E-state index in [4.69, 9.17) is 0 Å². The Balaban J connectivity index is 1.61. The standard InChI is InChI=1S/C15H14N4O/c20-14(9-8-11-5-3-4-10-16-11)19-15-17-12-6-1-2-7-13(12)18-15/h1-7,10H,8-9H2,(H2,17,18,19,20). The van der Waals surface area contributed by atoms with Crippen LogP contribution in [0.1, 0.15) is 12.1 Å². The highest BCUT2D eigenvalue weighted by Crippen LogP contribution is 2.13. The van der Waals surface area contributed by atoms with Crippen molar-refractivity contribution >= 4 is 22.9 Å². The topological polar surface area (TPSA) is 70.7 Å². The van der Waals surface area contributed by atoms with Gasteiger partial charge in [0.05, 0.1) is 11.0 Å². The molecule has 2 N–H and O–H groups in total. The highest BCUT2D eigenvalue weighted by atomic mass is 16.1. The molecule has 2 heterocycles. The number of benzene rings is 1. The first-order valence-electron chi connectivity index (χ1n) is 6.46. The molecule has 100 valence electrons. The molecule has 3 rings (SSSR count). The number of rotatable bonds is 4. The van der Waals surface area contributed by atoms with Gasteiger partial charge in [0.25, 0.3) is 0 Å². The van der Waals surface area contributed by atoms with E-state index in [1.807, 2.05) is 42.5 Å². The van der Waals surface area contributed by atoms with Crippen molar-refractivity contribution in [2.75, 3.05) is 5.32 Å². The number of hydrogen-bond acceptors (Lipinski definition) is 3. The average Bonchev–Trinajstić information content (AvgIpc) is 2.88. The molecule has 0 aliphatic rings. The molecule has 5 nitrogen and oxygen atoms in total. The van der Waals surface area contributed by atoms with Gasteiger partial charge in [0.1, 0.15) is 0 Å². The summed E-state index contributed by atoms with van der Waals surface area (Å²) in [5, 5.41) is 2.77. The molecule has 20 heavy (non-hydrogen) atoms. The average molecular weight is 266 g/mol. The number of carbonyl (C=O) groups is 1. The molecular weight excluding hydrogens is 252 g/mol. The van der Waals surface area contributed by atoms with Crippen molar-refractivity contribution in [1.29, 1.82) is 0 Å². The lowest BCUT2D eigenvalue weighted by Crippen LogP contribution is -2.13. The molecule has 0 bridgehead atoms. The van der Waals surface area contributed by atoms with Crippen LogP contribution < -0.4 is 5.32 Å². The highest BCUT2D eigenvalue weighted by molar-refractivity contribution is 5.91. The third-order valence-electron chi connectivity index (χ3n) is 2.98. The first kappa shape index (κ1) is 12.3. The number of imidazole rings is 1. The number of hydrogen-bond donors (Lipinski definition) is 2. The van der Waals surface area contributed by atoms with Gasteiger partial charge < -0.3 is 4.98 Å². The second kappa shape index (κ2) is 5.52.